The minimum atomic E-state index is 0.0710. The zero-order chi connectivity index (χ0) is 20.0. The Hall–Kier alpha value is -2.45. The predicted molar refractivity (Wildman–Crippen MR) is 115 cm³/mol. The van der Waals surface area contributed by atoms with Gasteiger partial charge in [0.2, 0.25) is 0 Å². The molecule has 1 aromatic heterocycles. The molecule has 3 rings (SSSR count). The molecule has 0 amide bonds. The van der Waals surface area contributed by atoms with Gasteiger partial charge in [-0.1, -0.05) is 60.7 Å². The molecule has 2 nitrogen and oxygen atoms in total. The Morgan fingerprint density at radius 2 is 1.25 bits per heavy atom. The standard InChI is InChI=1S/C26H32NO/c1-26(2,3)27-17-14-21(15-18-27)24(16-19-28)20-25(22-10-6-4-7-11-22)23-12-8-5-9-13-23/h4-15,17-18,24-25,28H,16,19-20H2,1-3H3/q+1. The molecule has 0 fully saturated rings. The van der Waals surface area contributed by atoms with Crippen LogP contribution in [0.2, 0.25) is 0 Å². The molecule has 2 aromatic carbocycles. The molecule has 0 radical (unpaired) electrons. The number of aromatic nitrogens is 1. The minimum Gasteiger partial charge on any atom is -0.396 e. The normalized spacial score (nSPS) is 12.9. The van der Waals surface area contributed by atoms with Gasteiger partial charge in [-0.25, -0.2) is 4.57 Å². The molecule has 3 aromatic rings. The van der Waals surface area contributed by atoms with Crippen LogP contribution in [0.1, 0.15) is 62.1 Å². The lowest BCUT2D eigenvalue weighted by atomic mass is 9.80. The number of rotatable bonds is 7. The topological polar surface area (TPSA) is 24.1 Å². The van der Waals surface area contributed by atoms with Gasteiger partial charge in [0.1, 0.15) is 0 Å². The van der Waals surface area contributed by atoms with Crippen molar-refractivity contribution in [3.63, 3.8) is 0 Å². The summed E-state index contributed by atoms with van der Waals surface area (Å²) in [5.74, 6) is 0.624. The predicted octanol–water partition coefficient (Wildman–Crippen LogP) is 5.42. The van der Waals surface area contributed by atoms with Gasteiger partial charge in [-0.3, -0.25) is 0 Å². The van der Waals surface area contributed by atoms with Crippen LogP contribution in [-0.2, 0) is 5.54 Å². The molecule has 0 saturated carbocycles. The van der Waals surface area contributed by atoms with Crippen LogP contribution in [0.4, 0.5) is 0 Å². The summed E-state index contributed by atoms with van der Waals surface area (Å²) in [6, 6.07) is 25.9. The van der Waals surface area contributed by atoms with Crippen molar-refractivity contribution in [1.82, 2.24) is 0 Å². The van der Waals surface area contributed by atoms with Crippen molar-refractivity contribution in [1.29, 1.82) is 0 Å². The molecule has 0 aliphatic rings. The maximum absolute atomic E-state index is 9.73. The zero-order valence-electron chi connectivity index (χ0n) is 17.3. The zero-order valence-corrected chi connectivity index (χ0v) is 17.3. The average molecular weight is 375 g/mol. The monoisotopic (exact) mass is 374 g/mol. The van der Waals surface area contributed by atoms with Crippen molar-refractivity contribution >= 4 is 0 Å². The highest BCUT2D eigenvalue weighted by molar-refractivity contribution is 5.33. The van der Waals surface area contributed by atoms with Gasteiger partial charge in [0, 0.05) is 45.4 Å². The van der Waals surface area contributed by atoms with E-state index < -0.39 is 0 Å². The average Bonchev–Trinajstić information content (AvgIpc) is 2.72. The fourth-order valence-corrected chi connectivity index (χ4v) is 3.85. The molecule has 0 spiro atoms. The molecule has 1 heterocycles. The van der Waals surface area contributed by atoms with Crippen molar-refractivity contribution in [3.8, 4) is 0 Å². The SMILES string of the molecule is CC(C)(C)[n+]1ccc(C(CCO)CC(c2ccccc2)c2ccccc2)cc1. The number of benzene rings is 2. The van der Waals surface area contributed by atoms with Crippen molar-refractivity contribution in [3.05, 3.63) is 102 Å². The van der Waals surface area contributed by atoms with Gasteiger partial charge in [-0.05, 0) is 35.4 Å². The van der Waals surface area contributed by atoms with Crippen LogP contribution in [0, 0.1) is 0 Å². The van der Waals surface area contributed by atoms with E-state index in [1.165, 1.54) is 16.7 Å². The highest BCUT2D eigenvalue weighted by Gasteiger charge is 2.24. The molecule has 0 saturated heterocycles. The van der Waals surface area contributed by atoms with Crippen LogP contribution >= 0.6 is 0 Å². The lowest BCUT2D eigenvalue weighted by molar-refractivity contribution is -0.754. The second-order valence-corrected chi connectivity index (χ2v) is 8.53. The molecule has 1 unspecified atom stereocenters. The highest BCUT2D eigenvalue weighted by atomic mass is 16.3. The maximum Gasteiger partial charge on any atom is 0.169 e. The Kier molecular flexibility index (Phi) is 6.64. The summed E-state index contributed by atoms with van der Waals surface area (Å²) in [6.45, 7) is 6.82. The quantitative estimate of drug-likeness (QED) is 0.549. The summed E-state index contributed by atoms with van der Waals surface area (Å²) >= 11 is 0. The van der Waals surface area contributed by atoms with E-state index in [-0.39, 0.29) is 12.1 Å². The summed E-state index contributed by atoms with van der Waals surface area (Å²) < 4.78 is 2.23. The van der Waals surface area contributed by atoms with Gasteiger partial charge in [0.15, 0.2) is 17.9 Å². The Bertz CT molecular complexity index is 796. The molecule has 1 atom stereocenters. The number of nitrogens with zero attached hydrogens (tertiary/aromatic N) is 1. The minimum absolute atomic E-state index is 0.0710. The first kappa shape index (κ1) is 20.3. The maximum atomic E-state index is 9.73. The second-order valence-electron chi connectivity index (χ2n) is 8.53. The third kappa shape index (κ3) is 5.08. The number of hydrogen-bond donors (Lipinski definition) is 1. The summed E-state index contributed by atoms with van der Waals surface area (Å²) in [7, 11) is 0. The van der Waals surface area contributed by atoms with Crippen LogP contribution in [0.3, 0.4) is 0 Å². The Morgan fingerprint density at radius 1 is 0.750 bits per heavy atom. The molecule has 2 heteroatoms. The largest absolute Gasteiger partial charge is 0.396 e. The summed E-state index contributed by atoms with van der Waals surface area (Å²) in [6.07, 6.45) is 6.09. The molecular formula is C26H32NO+. The van der Waals surface area contributed by atoms with E-state index in [0.29, 0.717) is 11.8 Å². The van der Waals surface area contributed by atoms with Crippen molar-refractivity contribution in [2.75, 3.05) is 6.61 Å². The van der Waals surface area contributed by atoms with E-state index in [1.807, 2.05) is 0 Å². The van der Waals surface area contributed by atoms with Crippen LogP contribution in [0.25, 0.3) is 0 Å². The number of pyridine rings is 1. The van der Waals surface area contributed by atoms with E-state index in [2.05, 4.69) is 111 Å². The Labute approximate surface area is 169 Å². The van der Waals surface area contributed by atoms with Gasteiger partial charge >= 0.3 is 0 Å². The smallest absolute Gasteiger partial charge is 0.169 e. The van der Waals surface area contributed by atoms with Crippen molar-refractivity contribution in [2.45, 2.75) is 51.0 Å². The van der Waals surface area contributed by atoms with Gasteiger partial charge in [0.25, 0.3) is 0 Å². The Morgan fingerprint density at radius 3 is 1.68 bits per heavy atom. The molecule has 0 aliphatic carbocycles. The number of aliphatic hydroxyl groups excluding tert-OH is 1. The van der Waals surface area contributed by atoms with Crippen LogP contribution < -0.4 is 4.57 Å². The van der Waals surface area contributed by atoms with Crippen LogP contribution in [0.5, 0.6) is 0 Å². The molecule has 28 heavy (non-hydrogen) atoms. The van der Waals surface area contributed by atoms with Crippen LogP contribution in [0.15, 0.2) is 85.2 Å². The second kappa shape index (κ2) is 9.16. The van der Waals surface area contributed by atoms with Gasteiger partial charge in [-0.2, -0.15) is 0 Å². The molecule has 0 bridgehead atoms. The summed E-state index contributed by atoms with van der Waals surface area (Å²) in [5, 5.41) is 9.73. The summed E-state index contributed by atoms with van der Waals surface area (Å²) in [5.41, 5.74) is 4.03. The van der Waals surface area contributed by atoms with E-state index >= 15 is 0 Å². The third-order valence-corrected chi connectivity index (χ3v) is 5.50. The number of hydrogen-bond acceptors (Lipinski definition) is 1. The van der Waals surface area contributed by atoms with E-state index in [4.69, 9.17) is 0 Å². The molecule has 1 N–H and O–H groups in total. The lowest BCUT2D eigenvalue weighted by Crippen LogP contribution is -2.49. The first-order valence-electron chi connectivity index (χ1n) is 10.2. The van der Waals surface area contributed by atoms with Gasteiger partial charge in [-0.15, -0.1) is 0 Å². The number of aliphatic hydroxyl groups is 1. The van der Waals surface area contributed by atoms with Gasteiger partial charge in [0.05, 0.1) is 0 Å². The van der Waals surface area contributed by atoms with Crippen molar-refractivity contribution < 1.29 is 9.67 Å². The van der Waals surface area contributed by atoms with E-state index in [1.54, 1.807) is 0 Å². The third-order valence-electron chi connectivity index (χ3n) is 5.50. The van der Waals surface area contributed by atoms with Crippen molar-refractivity contribution in [2.24, 2.45) is 0 Å². The first-order valence-corrected chi connectivity index (χ1v) is 10.2. The molecule has 146 valence electrons. The highest BCUT2D eigenvalue weighted by Crippen LogP contribution is 2.36. The molecular weight excluding hydrogens is 342 g/mol. The summed E-state index contributed by atoms with van der Waals surface area (Å²) in [4.78, 5) is 0. The lowest BCUT2D eigenvalue weighted by Gasteiger charge is -2.25. The first-order chi connectivity index (χ1) is 13.5. The van der Waals surface area contributed by atoms with Gasteiger partial charge < -0.3 is 5.11 Å². The fraction of sp³-hybridized carbons (Fsp3) is 0.346. The molecule has 0 aliphatic heterocycles. The fourth-order valence-electron chi connectivity index (χ4n) is 3.85. The van der Waals surface area contributed by atoms with E-state index in [9.17, 15) is 5.11 Å². The van der Waals surface area contributed by atoms with E-state index in [0.717, 1.165) is 12.8 Å². The van der Waals surface area contributed by atoms with Crippen LogP contribution in [-0.4, -0.2) is 11.7 Å². The Balaban J connectivity index is 1.92.